The highest BCUT2D eigenvalue weighted by Crippen LogP contribution is 2.34. The van der Waals surface area contributed by atoms with E-state index in [2.05, 4.69) is 58.4 Å². The van der Waals surface area contributed by atoms with E-state index in [0.717, 1.165) is 13.0 Å². The van der Waals surface area contributed by atoms with Crippen LogP contribution in [0.15, 0.2) is 48.5 Å². The van der Waals surface area contributed by atoms with E-state index in [0.29, 0.717) is 6.54 Å². The lowest BCUT2D eigenvalue weighted by Crippen LogP contribution is -2.41. The van der Waals surface area contributed by atoms with Crippen LogP contribution in [0.4, 0.5) is 0 Å². The molecule has 2 atom stereocenters. The largest absolute Gasteiger partial charge is 0.390 e. The van der Waals surface area contributed by atoms with Crippen LogP contribution in [0.2, 0.25) is 0 Å². The molecular formula is C17H19ClN2O. The number of piperidine rings is 1. The molecule has 2 heterocycles. The molecule has 0 saturated carbocycles. The van der Waals surface area contributed by atoms with Gasteiger partial charge in [-0.15, -0.1) is 12.4 Å². The van der Waals surface area contributed by atoms with Crippen LogP contribution in [-0.2, 0) is 0 Å². The molecule has 0 aliphatic carbocycles. The molecule has 1 aliphatic rings. The molecule has 3 nitrogen and oxygen atoms in total. The second kappa shape index (κ2) is 5.68. The molecule has 2 N–H and O–H groups in total. The summed E-state index contributed by atoms with van der Waals surface area (Å²) in [5.74, 6) is 0. The lowest BCUT2D eigenvalue weighted by Gasteiger charge is -2.31. The highest BCUT2D eigenvalue weighted by molar-refractivity contribution is 6.08. The van der Waals surface area contributed by atoms with Gasteiger partial charge < -0.3 is 15.0 Å². The third-order valence-corrected chi connectivity index (χ3v) is 4.36. The van der Waals surface area contributed by atoms with Crippen LogP contribution in [0, 0.1) is 0 Å². The van der Waals surface area contributed by atoms with Crippen LogP contribution < -0.4 is 5.32 Å². The number of halogens is 1. The van der Waals surface area contributed by atoms with Crippen molar-refractivity contribution in [3.8, 4) is 0 Å². The van der Waals surface area contributed by atoms with E-state index >= 15 is 0 Å². The summed E-state index contributed by atoms with van der Waals surface area (Å²) in [4.78, 5) is 0. The summed E-state index contributed by atoms with van der Waals surface area (Å²) in [6, 6.07) is 17.1. The van der Waals surface area contributed by atoms with Gasteiger partial charge in [0.25, 0.3) is 0 Å². The number of aliphatic hydroxyl groups is 1. The number of aliphatic hydroxyl groups excluding tert-OH is 1. The van der Waals surface area contributed by atoms with Gasteiger partial charge in [-0.05, 0) is 25.1 Å². The molecule has 1 fully saturated rings. The van der Waals surface area contributed by atoms with Gasteiger partial charge in [0.2, 0.25) is 0 Å². The lowest BCUT2D eigenvalue weighted by molar-refractivity contribution is 0.0913. The van der Waals surface area contributed by atoms with E-state index in [4.69, 9.17) is 0 Å². The highest BCUT2D eigenvalue weighted by Gasteiger charge is 2.27. The molecule has 1 saturated heterocycles. The molecule has 2 aromatic carbocycles. The molecule has 0 radical (unpaired) electrons. The van der Waals surface area contributed by atoms with Crippen LogP contribution in [0.3, 0.4) is 0 Å². The normalized spacial score (nSPS) is 22.3. The van der Waals surface area contributed by atoms with Crippen LogP contribution in [0.5, 0.6) is 0 Å². The molecule has 0 spiro atoms. The third-order valence-electron chi connectivity index (χ3n) is 4.36. The minimum absolute atomic E-state index is 0. The first-order valence-corrected chi connectivity index (χ1v) is 7.23. The number of aromatic nitrogens is 1. The van der Waals surface area contributed by atoms with Crippen molar-refractivity contribution in [3.05, 3.63) is 48.5 Å². The predicted molar refractivity (Wildman–Crippen MR) is 89.2 cm³/mol. The average Bonchev–Trinajstić information content (AvgIpc) is 2.83. The molecule has 1 aliphatic heterocycles. The third kappa shape index (κ3) is 2.22. The molecule has 4 heteroatoms. The van der Waals surface area contributed by atoms with E-state index in [1.165, 1.54) is 21.8 Å². The Bertz CT molecular complexity index is 714. The fourth-order valence-corrected chi connectivity index (χ4v) is 3.44. The Kier molecular flexibility index (Phi) is 3.89. The van der Waals surface area contributed by atoms with Gasteiger partial charge in [-0.25, -0.2) is 0 Å². The zero-order valence-electron chi connectivity index (χ0n) is 11.7. The minimum atomic E-state index is -0.331. The van der Waals surface area contributed by atoms with Crippen LogP contribution >= 0.6 is 12.4 Å². The second-order valence-corrected chi connectivity index (χ2v) is 5.53. The van der Waals surface area contributed by atoms with Crippen molar-refractivity contribution in [3.63, 3.8) is 0 Å². The fraction of sp³-hybridized carbons (Fsp3) is 0.294. The zero-order valence-corrected chi connectivity index (χ0v) is 12.5. The Morgan fingerprint density at radius 2 is 1.52 bits per heavy atom. The first-order chi connectivity index (χ1) is 9.86. The van der Waals surface area contributed by atoms with Crippen molar-refractivity contribution < 1.29 is 5.11 Å². The minimum Gasteiger partial charge on any atom is -0.390 e. The maximum atomic E-state index is 10.4. The van der Waals surface area contributed by atoms with Crippen molar-refractivity contribution in [2.45, 2.75) is 18.6 Å². The van der Waals surface area contributed by atoms with Crippen LogP contribution in [0.25, 0.3) is 21.8 Å². The van der Waals surface area contributed by atoms with Gasteiger partial charge >= 0.3 is 0 Å². The Morgan fingerprint density at radius 3 is 2.10 bits per heavy atom. The fourth-order valence-electron chi connectivity index (χ4n) is 3.44. The van der Waals surface area contributed by atoms with E-state index < -0.39 is 0 Å². The van der Waals surface area contributed by atoms with Gasteiger partial charge in [-0.1, -0.05) is 36.4 Å². The van der Waals surface area contributed by atoms with E-state index in [9.17, 15) is 5.11 Å². The summed E-state index contributed by atoms with van der Waals surface area (Å²) < 4.78 is 2.33. The van der Waals surface area contributed by atoms with Gasteiger partial charge in [-0.2, -0.15) is 0 Å². The van der Waals surface area contributed by atoms with Crippen molar-refractivity contribution in [2.24, 2.45) is 0 Å². The van der Waals surface area contributed by atoms with E-state index in [-0.39, 0.29) is 24.6 Å². The first kappa shape index (κ1) is 14.4. The summed E-state index contributed by atoms with van der Waals surface area (Å²) in [5.41, 5.74) is 2.44. The molecule has 0 unspecified atom stereocenters. The maximum absolute atomic E-state index is 10.4. The Balaban J connectivity index is 0.00000132. The van der Waals surface area contributed by atoms with Gasteiger partial charge in [0.15, 0.2) is 0 Å². The number of para-hydroxylation sites is 2. The maximum Gasteiger partial charge on any atom is 0.0872 e. The number of hydrogen-bond acceptors (Lipinski definition) is 2. The Labute approximate surface area is 130 Å². The van der Waals surface area contributed by atoms with Crippen molar-refractivity contribution >= 4 is 34.2 Å². The number of nitrogens with zero attached hydrogens (tertiary/aromatic N) is 1. The average molecular weight is 303 g/mol. The first-order valence-electron chi connectivity index (χ1n) is 7.23. The zero-order chi connectivity index (χ0) is 13.5. The number of rotatable bonds is 1. The molecule has 21 heavy (non-hydrogen) atoms. The summed E-state index contributed by atoms with van der Waals surface area (Å²) in [6.45, 7) is 1.63. The van der Waals surface area contributed by atoms with E-state index in [1.807, 2.05) is 0 Å². The summed E-state index contributed by atoms with van der Waals surface area (Å²) >= 11 is 0. The van der Waals surface area contributed by atoms with Gasteiger partial charge in [-0.3, -0.25) is 0 Å². The molecule has 4 rings (SSSR count). The van der Waals surface area contributed by atoms with Crippen molar-refractivity contribution in [1.29, 1.82) is 0 Å². The molecule has 0 bridgehead atoms. The second-order valence-electron chi connectivity index (χ2n) is 5.53. The van der Waals surface area contributed by atoms with Gasteiger partial charge in [0.05, 0.1) is 12.1 Å². The molecule has 3 aromatic rings. The number of nitrogens with one attached hydrogen (secondary N) is 1. The highest BCUT2D eigenvalue weighted by atomic mass is 35.5. The van der Waals surface area contributed by atoms with Crippen molar-refractivity contribution in [1.82, 2.24) is 9.88 Å². The quantitative estimate of drug-likeness (QED) is 0.725. The topological polar surface area (TPSA) is 37.2 Å². The van der Waals surface area contributed by atoms with Gasteiger partial charge in [0, 0.05) is 28.4 Å². The molecule has 0 amide bonds. The smallest absolute Gasteiger partial charge is 0.0872 e. The Morgan fingerprint density at radius 1 is 0.952 bits per heavy atom. The molecule has 110 valence electrons. The van der Waals surface area contributed by atoms with Crippen LogP contribution in [0.1, 0.15) is 12.5 Å². The van der Waals surface area contributed by atoms with Gasteiger partial charge in [0.1, 0.15) is 0 Å². The van der Waals surface area contributed by atoms with E-state index in [1.54, 1.807) is 0 Å². The monoisotopic (exact) mass is 302 g/mol. The summed E-state index contributed by atoms with van der Waals surface area (Å²) in [6.07, 6.45) is 0.632. The summed E-state index contributed by atoms with van der Waals surface area (Å²) in [7, 11) is 0. The SMILES string of the molecule is Cl.O[C@@H]1CNCC[C@H]1n1c2ccccc2c2ccccc21. The lowest BCUT2D eigenvalue weighted by atomic mass is 10.0. The standard InChI is InChI=1S/C17H18N2O.ClH/c20-17-11-18-10-9-16(17)19-14-7-3-1-5-12(14)13-6-2-4-8-15(13)19;/h1-8,16-18,20H,9-11H2;1H/t16-,17-;/m1./s1. The molecular weight excluding hydrogens is 284 g/mol. The number of benzene rings is 2. The molecule has 1 aromatic heterocycles. The predicted octanol–water partition coefficient (Wildman–Crippen LogP) is 3.11. The number of hydrogen-bond donors (Lipinski definition) is 2. The number of β-amino-alcohol motifs (C(OH)–C–C–N with tert-alkyl or cyclic N) is 1. The van der Waals surface area contributed by atoms with Crippen molar-refractivity contribution in [2.75, 3.05) is 13.1 Å². The Hall–Kier alpha value is -1.55. The summed E-state index contributed by atoms with van der Waals surface area (Å²) in [5, 5.41) is 16.2. The van der Waals surface area contributed by atoms with Crippen LogP contribution in [-0.4, -0.2) is 28.9 Å². The number of fused-ring (bicyclic) bond motifs is 3.